The molecule has 0 fully saturated rings. The molecule has 13 heavy (non-hydrogen) atoms. The van der Waals surface area contributed by atoms with Crippen molar-refractivity contribution in [2.45, 2.75) is 13.5 Å². The van der Waals surface area contributed by atoms with E-state index in [1.165, 1.54) is 12.1 Å². The van der Waals surface area contributed by atoms with Crippen molar-refractivity contribution >= 4 is 0 Å². The Morgan fingerprint density at radius 3 is 2.38 bits per heavy atom. The molecule has 0 aliphatic rings. The quantitative estimate of drug-likeness (QED) is 0.575. The summed E-state index contributed by atoms with van der Waals surface area (Å²) >= 11 is 0. The highest BCUT2D eigenvalue weighted by Gasteiger charge is 1.99. The Labute approximate surface area is 75.5 Å². The molecule has 0 bridgehead atoms. The standard InChI is InChI=1S/C9H11F2NO/c1-2-13-12-6-7-3-8(10)5-9(11)4-7/h3-5,12H,2,6H2,1H3. The fraction of sp³-hybridized carbons (Fsp3) is 0.333. The third kappa shape index (κ3) is 3.48. The van der Waals surface area contributed by atoms with E-state index in [0.29, 0.717) is 18.7 Å². The second-order valence-corrected chi connectivity index (χ2v) is 2.53. The average Bonchev–Trinajstić information content (AvgIpc) is 2.03. The lowest BCUT2D eigenvalue weighted by Gasteiger charge is -2.03. The predicted molar refractivity (Wildman–Crippen MR) is 44.8 cm³/mol. The van der Waals surface area contributed by atoms with Crippen molar-refractivity contribution in [3.8, 4) is 0 Å². The van der Waals surface area contributed by atoms with Crippen LogP contribution in [0.25, 0.3) is 0 Å². The molecule has 1 N–H and O–H groups in total. The summed E-state index contributed by atoms with van der Waals surface area (Å²) < 4.78 is 25.3. The van der Waals surface area contributed by atoms with Crippen molar-refractivity contribution in [1.29, 1.82) is 0 Å². The normalized spacial score (nSPS) is 10.4. The van der Waals surface area contributed by atoms with Crippen LogP contribution in [0.5, 0.6) is 0 Å². The first-order chi connectivity index (χ1) is 6.22. The highest BCUT2D eigenvalue weighted by atomic mass is 19.1. The average molecular weight is 187 g/mol. The third-order valence-electron chi connectivity index (χ3n) is 1.45. The first kappa shape index (κ1) is 10.1. The van der Waals surface area contributed by atoms with Crippen LogP contribution in [0, 0.1) is 11.6 Å². The summed E-state index contributed by atoms with van der Waals surface area (Å²) in [7, 11) is 0. The Bertz CT molecular complexity index is 258. The zero-order valence-electron chi connectivity index (χ0n) is 7.31. The summed E-state index contributed by atoms with van der Waals surface area (Å²) in [6.45, 7) is 2.62. The molecule has 4 heteroatoms. The second-order valence-electron chi connectivity index (χ2n) is 2.53. The number of nitrogens with one attached hydrogen (secondary N) is 1. The molecule has 0 radical (unpaired) electrons. The van der Waals surface area contributed by atoms with Gasteiger partial charge in [0.25, 0.3) is 0 Å². The summed E-state index contributed by atoms with van der Waals surface area (Å²) in [5, 5.41) is 0. The molecule has 72 valence electrons. The van der Waals surface area contributed by atoms with Crippen LogP contribution in [0.2, 0.25) is 0 Å². The van der Waals surface area contributed by atoms with Gasteiger partial charge in [0.1, 0.15) is 11.6 Å². The molecule has 0 heterocycles. The van der Waals surface area contributed by atoms with Crippen LogP contribution >= 0.6 is 0 Å². The predicted octanol–water partition coefficient (Wildman–Crippen LogP) is 2.01. The largest absolute Gasteiger partial charge is 0.302 e. The smallest absolute Gasteiger partial charge is 0.126 e. The first-order valence-corrected chi connectivity index (χ1v) is 4.02. The molecule has 0 unspecified atom stereocenters. The minimum atomic E-state index is -0.576. The van der Waals surface area contributed by atoms with Gasteiger partial charge in [-0.1, -0.05) is 0 Å². The van der Waals surface area contributed by atoms with Gasteiger partial charge in [-0.05, 0) is 24.6 Å². The molecule has 0 saturated heterocycles. The minimum Gasteiger partial charge on any atom is -0.302 e. The van der Waals surface area contributed by atoms with Crippen LogP contribution in [0.1, 0.15) is 12.5 Å². The molecule has 0 aliphatic heterocycles. The lowest BCUT2D eigenvalue weighted by atomic mass is 10.2. The van der Waals surface area contributed by atoms with Gasteiger partial charge in [-0.25, -0.2) is 8.78 Å². The number of hydrogen-bond acceptors (Lipinski definition) is 2. The Kier molecular flexibility index (Phi) is 3.79. The van der Waals surface area contributed by atoms with E-state index < -0.39 is 11.6 Å². The van der Waals surface area contributed by atoms with E-state index in [2.05, 4.69) is 5.48 Å². The molecular formula is C9H11F2NO. The van der Waals surface area contributed by atoms with Gasteiger partial charge in [0, 0.05) is 12.6 Å². The van der Waals surface area contributed by atoms with Gasteiger partial charge >= 0.3 is 0 Å². The number of hydrogen-bond donors (Lipinski definition) is 1. The number of benzene rings is 1. The highest BCUT2D eigenvalue weighted by molar-refractivity contribution is 5.17. The van der Waals surface area contributed by atoms with Crippen LogP contribution in [-0.4, -0.2) is 6.61 Å². The molecule has 0 aliphatic carbocycles. The Morgan fingerprint density at radius 1 is 1.23 bits per heavy atom. The molecule has 0 atom stereocenters. The molecule has 0 saturated carbocycles. The second kappa shape index (κ2) is 4.89. The molecule has 0 aromatic heterocycles. The van der Waals surface area contributed by atoms with E-state index in [1.54, 1.807) is 0 Å². The summed E-state index contributed by atoms with van der Waals surface area (Å²) in [6.07, 6.45) is 0. The minimum absolute atomic E-state index is 0.294. The molecule has 1 aromatic rings. The van der Waals surface area contributed by atoms with Gasteiger partial charge in [0.15, 0.2) is 0 Å². The lowest BCUT2D eigenvalue weighted by molar-refractivity contribution is 0.0462. The van der Waals surface area contributed by atoms with Crippen LogP contribution in [0.4, 0.5) is 8.78 Å². The zero-order valence-corrected chi connectivity index (χ0v) is 7.31. The van der Waals surface area contributed by atoms with Crippen molar-refractivity contribution in [3.05, 3.63) is 35.4 Å². The van der Waals surface area contributed by atoms with E-state index in [4.69, 9.17) is 4.84 Å². The monoisotopic (exact) mass is 187 g/mol. The summed E-state index contributed by atoms with van der Waals surface area (Å²) in [6, 6.07) is 3.36. The Hall–Kier alpha value is -1.00. The molecule has 0 spiro atoms. The van der Waals surface area contributed by atoms with Gasteiger partial charge in [-0.3, -0.25) is 0 Å². The summed E-state index contributed by atoms with van der Waals surface area (Å²) in [5.41, 5.74) is 3.09. The lowest BCUT2D eigenvalue weighted by Crippen LogP contribution is -2.13. The van der Waals surface area contributed by atoms with Crippen molar-refractivity contribution in [1.82, 2.24) is 5.48 Å². The van der Waals surface area contributed by atoms with Crippen LogP contribution < -0.4 is 5.48 Å². The Morgan fingerprint density at radius 2 is 1.85 bits per heavy atom. The van der Waals surface area contributed by atoms with Gasteiger partial charge in [-0.15, -0.1) is 0 Å². The van der Waals surface area contributed by atoms with Crippen LogP contribution in [0.15, 0.2) is 18.2 Å². The van der Waals surface area contributed by atoms with Gasteiger partial charge in [-0.2, -0.15) is 5.48 Å². The van der Waals surface area contributed by atoms with Gasteiger partial charge in [0.2, 0.25) is 0 Å². The summed E-state index contributed by atoms with van der Waals surface area (Å²) in [4.78, 5) is 4.82. The molecule has 2 nitrogen and oxygen atoms in total. The number of halogens is 2. The zero-order chi connectivity index (χ0) is 9.68. The van der Waals surface area contributed by atoms with Crippen LogP contribution in [-0.2, 0) is 11.4 Å². The first-order valence-electron chi connectivity index (χ1n) is 4.02. The maximum atomic E-state index is 12.6. The van der Waals surface area contributed by atoms with Crippen molar-refractivity contribution in [2.75, 3.05) is 6.61 Å². The van der Waals surface area contributed by atoms with Crippen molar-refractivity contribution in [3.63, 3.8) is 0 Å². The Balaban J connectivity index is 2.56. The van der Waals surface area contributed by atoms with Gasteiger partial charge in [0.05, 0.1) is 6.61 Å². The number of hydroxylamine groups is 1. The van der Waals surface area contributed by atoms with E-state index in [-0.39, 0.29) is 0 Å². The SMILES string of the molecule is CCONCc1cc(F)cc(F)c1. The van der Waals surface area contributed by atoms with Crippen molar-refractivity contribution < 1.29 is 13.6 Å². The summed E-state index contributed by atoms with van der Waals surface area (Å²) in [5.74, 6) is -1.15. The maximum Gasteiger partial charge on any atom is 0.126 e. The molecule has 0 amide bonds. The van der Waals surface area contributed by atoms with E-state index in [0.717, 1.165) is 6.07 Å². The van der Waals surface area contributed by atoms with Gasteiger partial charge < -0.3 is 4.84 Å². The number of rotatable bonds is 4. The molecule has 1 aromatic carbocycles. The molecule has 1 rings (SSSR count). The van der Waals surface area contributed by atoms with Crippen molar-refractivity contribution in [2.24, 2.45) is 0 Å². The highest BCUT2D eigenvalue weighted by Crippen LogP contribution is 2.07. The maximum absolute atomic E-state index is 12.6. The fourth-order valence-electron chi connectivity index (χ4n) is 0.949. The fourth-order valence-corrected chi connectivity index (χ4v) is 0.949. The third-order valence-corrected chi connectivity index (χ3v) is 1.45. The van der Waals surface area contributed by atoms with E-state index in [9.17, 15) is 8.78 Å². The molecular weight excluding hydrogens is 176 g/mol. The van der Waals surface area contributed by atoms with Crippen LogP contribution in [0.3, 0.4) is 0 Å². The topological polar surface area (TPSA) is 21.3 Å². The van der Waals surface area contributed by atoms with E-state index in [1.807, 2.05) is 6.92 Å². The van der Waals surface area contributed by atoms with E-state index >= 15 is 0 Å².